The first-order chi connectivity index (χ1) is 9.11. The van der Waals surface area contributed by atoms with Crippen molar-refractivity contribution in [3.05, 3.63) is 47.5 Å². The first kappa shape index (κ1) is 13.1. The van der Waals surface area contributed by atoms with Gasteiger partial charge in [-0.05, 0) is 48.4 Å². The Kier molecular flexibility index (Phi) is 3.85. The van der Waals surface area contributed by atoms with Crippen molar-refractivity contribution in [3.63, 3.8) is 0 Å². The highest BCUT2D eigenvalue weighted by molar-refractivity contribution is 5.96. The Hall–Kier alpha value is -2.29. The second kappa shape index (κ2) is 5.57. The average Bonchev–Trinajstić information content (AvgIpc) is 2.39. The molecular formula is C16H17NO2. The molecule has 0 aliphatic heterocycles. The summed E-state index contributed by atoms with van der Waals surface area (Å²) in [4.78, 5) is 11.6. The number of hydrogen-bond donors (Lipinski definition) is 1. The van der Waals surface area contributed by atoms with Crippen molar-refractivity contribution in [1.82, 2.24) is 0 Å². The fraction of sp³-hybridized carbons (Fsp3) is 0.188. The number of hydrogen-bond acceptors (Lipinski definition) is 3. The van der Waals surface area contributed by atoms with E-state index >= 15 is 0 Å². The van der Waals surface area contributed by atoms with Crippen LogP contribution in [0.25, 0.3) is 16.8 Å². The zero-order chi connectivity index (χ0) is 13.8. The largest absolute Gasteiger partial charge is 0.463 e. The van der Waals surface area contributed by atoms with Gasteiger partial charge in [-0.25, -0.2) is 4.79 Å². The third kappa shape index (κ3) is 2.94. The normalized spacial score (nSPS) is 11.6. The van der Waals surface area contributed by atoms with E-state index in [0.29, 0.717) is 17.9 Å². The van der Waals surface area contributed by atoms with Crippen LogP contribution in [0.1, 0.15) is 19.4 Å². The standard InChI is InChI=1S/C16H17NO2/c1-3-19-16(18)11(2)8-14-9-12-6-4-5-7-13(12)10-15(14)17/h4-10H,3,17H2,1-2H3. The van der Waals surface area contributed by atoms with Crippen LogP contribution in [-0.2, 0) is 9.53 Å². The summed E-state index contributed by atoms with van der Waals surface area (Å²) < 4.78 is 4.96. The van der Waals surface area contributed by atoms with Crippen LogP contribution >= 0.6 is 0 Å². The first-order valence-electron chi connectivity index (χ1n) is 6.25. The van der Waals surface area contributed by atoms with Gasteiger partial charge in [-0.1, -0.05) is 24.3 Å². The Morgan fingerprint density at radius 1 is 1.26 bits per heavy atom. The first-order valence-corrected chi connectivity index (χ1v) is 6.25. The molecule has 2 N–H and O–H groups in total. The van der Waals surface area contributed by atoms with Crippen molar-refractivity contribution < 1.29 is 9.53 Å². The van der Waals surface area contributed by atoms with Crippen LogP contribution in [0.3, 0.4) is 0 Å². The van der Waals surface area contributed by atoms with Gasteiger partial charge in [-0.3, -0.25) is 0 Å². The number of benzene rings is 2. The summed E-state index contributed by atoms with van der Waals surface area (Å²) in [6, 6.07) is 11.9. The van der Waals surface area contributed by atoms with E-state index in [9.17, 15) is 4.79 Å². The number of nitrogens with two attached hydrogens (primary N) is 1. The van der Waals surface area contributed by atoms with E-state index in [4.69, 9.17) is 10.5 Å². The van der Waals surface area contributed by atoms with E-state index < -0.39 is 0 Å². The molecule has 0 atom stereocenters. The predicted octanol–water partition coefficient (Wildman–Crippen LogP) is 3.39. The highest BCUT2D eigenvalue weighted by Crippen LogP contribution is 2.24. The Morgan fingerprint density at radius 3 is 2.53 bits per heavy atom. The van der Waals surface area contributed by atoms with Crippen molar-refractivity contribution in [2.45, 2.75) is 13.8 Å². The van der Waals surface area contributed by atoms with E-state index in [1.165, 1.54) is 0 Å². The van der Waals surface area contributed by atoms with Gasteiger partial charge in [0.1, 0.15) is 0 Å². The smallest absolute Gasteiger partial charge is 0.333 e. The summed E-state index contributed by atoms with van der Waals surface area (Å²) in [6.07, 6.45) is 1.76. The summed E-state index contributed by atoms with van der Waals surface area (Å²) in [6.45, 7) is 3.89. The minimum atomic E-state index is -0.310. The molecule has 0 saturated heterocycles. The minimum absolute atomic E-state index is 0.310. The zero-order valence-corrected chi connectivity index (χ0v) is 11.1. The molecule has 0 aliphatic rings. The summed E-state index contributed by atoms with van der Waals surface area (Å²) >= 11 is 0. The molecule has 3 nitrogen and oxygen atoms in total. The second-order valence-corrected chi connectivity index (χ2v) is 4.38. The maximum atomic E-state index is 11.6. The van der Waals surface area contributed by atoms with Crippen LogP contribution in [-0.4, -0.2) is 12.6 Å². The lowest BCUT2D eigenvalue weighted by Gasteiger charge is -2.06. The molecule has 2 aromatic rings. The van der Waals surface area contributed by atoms with E-state index in [1.54, 1.807) is 19.9 Å². The van der Waals surface area contributed by atoms with Gasteiger partial charge in [0.2, 0.25) is 0 Å². The quantitative estimate of drug-likeness (QED) is 0.519. The van der Waals surface area contributed by atoms with Crippen LogP contribution in [0, 0.1) is 0 Å². The Bertz CT molecular complexity index is 644. The lowest BCUT2D eigenvalue weighted by atomic mass is 10.0. The average molecular weight is 255 g/mol. The van der Waals surface area contributed by atoms with Gasteiger partial charge in [0, 0.05) is 11.3 Å². The monoisotopic (exact) mass is 255 g/mol. The number of carbonyl (C=O) groups excluding carboxylic acids is 1. The van der Waals surface area contributed by atoms with Gasteiger partial charge < -0.3 is 10.5 Å². The van der Waals surface area contributed by atoms with E-state index in [-0.39, 0.29) is 5.97 Å². The lowest BCUT2D eigenvalue weighted by Crippen LogP contribution is -2.05. The molecule has 0 saturated carbocycles. The molecule has 0 radical (unpaired) electrons. The number of rotatable bonds is 3. The molecule has 2 aromatic carbocycles. The predicted molar refractivity (Wildman–Crippen MR) is 78.6 cm³/mol. The van der Waals surface area contributed by atoms with Gasteiger partial charge >= 0.3 is 5.97 Å². The molecule has 0 aliphatic carbocycles. The second-order valence-electron chi connectivity index (χ2n) is 4.38. The van der Waals surface area contributed by atoms with E-state index in [2.05, 4.69) is 0 Å². The van der Waals surface area contributed by atoms with Gasteiger partial charge in [-0.15, -0.1) is 0 Å². The van der Waals surface area contributed by atoms with Gasteiger partial charge in [-0.2, -0.15) is 0 Å². The lowest BCUT2D eigenvalue weighted by molar-refractivity contribution is -0.138. The van der Waals surface area contributed by atoms with Crippen molar-refractivity contribution in [2.75, 3.05) is 12.3 Å². The van der Waals surface area contributed by atoms with Gasteiger partial charge in [0.05, 0.1) is 6.61 Å². The number of fused-ring (bicyclic) bond motifs is 1. The highest BCUT2D eigenvalue weighted by Gasteiger charge is 2.06. The summed E-state index contributed by atoms with van der Waals surface area (Å²) in [5.74, 6) is -0.310. The number of esters is 1. The fourth-order valence-electron chi connectivity index (χ4n) is 1.94. The Balaban J connectivity index is 2.42. The molecule has 2 rings (SSSR count). The van der Waals surface area contributed by atoms with Gasteiger partial charge in [0.25, 0.3) is 0 Å². The van der Waals surface area contributed by atoms with Crippen LogP contribution in [0.5, 0.6) is 0 Å². The molecule has 0 aromatic heterocycles. The van der Waals surface area contributed by atoms with E-state index in [0.717, 1.165) is 16.3 Å². The summed E-state index contributed by atoms with van der Waals surface area (Å²) in [5.41, 5.74) is 8.05. The summed E-state index contributed by atoms with van der Waals surface area (Å²) in [7, 11) is 0. The van der Waals surface area contributed by atoms with Crippen molar-refractivity contribution in [1.29, 1.82) is 0 Å². The van der Waals surface area contributed by atoms with Gasteiger partial charge in [0.15, 0.2) is 0 Å². The molecule has 0 bridgehead atoms. The van der Waals surface area contributed by atoms with Crippen LogP contribution in [0.15, 0.2) is 42.0 Å². The Morgan fingerprint density at radius 2 is 1.89 bits per heavy atom. The molecule has 0 heterocycles. The number of ether oxygens (including phenoxy) is 1. The maximum Gasteiger partial charge on any atom is 0.333 e. The number of anilines is 1. The molecule has 3 heteroatoms. The van der Waals surface area contributed by atoms with E-state index in [1.807, 2.05) is 36.4 Å². The molecular weight excluding hydrogens is 238 g/mol. The van der Waals surface area contributed by atoms with Crippen molar-refractivity contribution >= 4 is 28.5 Å². The molecule has 0 fully saturated rings. The topological polar surface area (TPSA) is 52.3 Å². The zero-order valence-electron chi connectivity index (χ0n) is 11.1. The summed E-state index contributed by atoms with van der Waals surface area (Å²) in [5, 5.41) is 2.19. The maximum absolute atomic E-state index is 11.6. The molecule has 0 amide bonds. The third-order valence-corrected chi connectivity index (χ3v) is 2.92. The number of carbonyl (C=O) groups is 1. The fourth-order valence-corrected chi connectivity index (χ4v) is 1.94. The van der Waals surface area contributed by atoms with Crippen molar-refractivity contribution in [2.24, 2.45) is 0 Å². The molecule has 0 spiro atoms. The van der Waals surface area contributed by atoms with Crippen LogP contribution < -0.4 is 5.73 Å². The van der Waals surface area contributed by atoms with Crippen LogP contribution in [0.2, 0.25) is 0 Å². The third-order valence-electron chi connectivity index (χ3n) is 2.92. The Labute approximate surface area is 112 Å². The SMILES string of the molecule is CCOC(=O)C(C)=Cc1cc2ccccc2cc1N. The van der Waals surface area contributed by atoms with Crippen molar-refractivity contribution in [3.8, 4) is 0 Å². The molecule has 0 unspecified atom stereocenters. The highest BCUT2D eigenvalue weighted by atomic mass is 16.5. The molecule has 98 valence electrons. The minimum Gasteiger partial charge on any atom is -0.463 e. The number of nitrogen functional groups attached to an aromatic ring is 1. The molecule has 19 heavy (non-hydrogen) atoms. The van der Waals surface area contributed by atoms with Crippen LogP contribution in [0.4, 0.5) is 5.69 Å².